The fourth-order valence-corrected chi connectivity index (χ4v) is 24.4. The van der Waals surface area contributed by atoms with Crippen molar-refractivity contribution in [3.63, 3.8) is 0 Å². The molecule has 31 rings (SSSR count). The van der Waals surface area contributed by atoms with E-state index in [1.807, 2.05) is 102 Å². The number of benzene rings is 21. The van der Waals surface area contributed by atoms with Crippen LogP contribution < -0.4 is 87.4 Å². The Morgan fingerprint density at radius 1 is 0.161 bits per heavy atom. The van der Waals surface area contributed by atoms with Gasteiger partial charge < -0.3 is 47.1 Å². The van der Waals surface area contributed by atoms with Gasteiger partial charge in [-0.25, -0.2) is 0 Å². The number of hydrogen-bond acceptors (Lipinski definition) is 12. The maximum absolute atomic E-state index is 6.59. The van der Waals surface area contributed by atoms with Crippen molar-refractivity contribution in [2.75, 3.05) is 9.80 Å². The Morgan fingerprint density at radius 2 is 0.416 bits per heavy atom. The first-order valence-corrected chi connectivity index (χ1v) is 51.9. The maximum Gasteiger partial charge on any atom is 0.260 e. The van der Waals surface area contributed by atoms with Gasteiger partial charge in [0, 0.05) is 91.6 Å². The summed E-state index contributed by atoms with van der Waals surface area (Å²) in [5.41, 5.74) is 32.1. The number of anilines is 6. The van der Waals surface area contributed by atoms with Crippen LogP contribution in [0.15, 0.2) is 512 Å². The monoisotopic (exact) mass is 1940 g/mol. The van der Waals surface area contributed by atoms with Gasteiger partial charge in [-0.2, -0.15) is 0 Å². The number of hydrogen-bond donors (Lipinski definition) is 0. The Morgan fingerprint density at radius 3 is 0.732 bits per heavy atom. The number of ether oxygens (including phenoxy) is 6. The van der Waals surface area contributed by atoms with Crippen molar-refractivity contribution in [1.29, 1.82) is 0 Å². The Hall–Kier alpha value is -18.8. The second-order valence-corrected chi connectivity index (χ2v) is 40.5. The molecule has 698 valence electrons. The molecule has 0 unspecified atom stereocenters. The summed E-state index contributed by atoms with van der Waals surface area (Å²) in [6.07, 6.45) is 0. The zero-order chi connectivity index (χ0) is 98.1. The van der Waals surface area contributed by atoms with E-state index in [4.69, 9.17) is 37.3 Å². The van der Waals surface area contributed by atoms with E-state index in [1.165, 1.54) is 63.3 Å². The van der Waals surface area contributed by atoms with Crippen molar-refractivity contribution in [3.8, 4) is 157 Å². The normalized spacial score (nSPS) is 12.4. The first kappa shape index (κ1) is 86.9. The third-order valence-electron chi connectivity index (χ3n) is 29.4. The molecule has 0 radical (unpaired) electrons. The van der Waals surface area contributed by atoms with Gasteiger partial charge in [0.25, 0.3) is 20.1 Å². The van der Waals surface area contributed by atoms with E-state index in [0.29, 0.717) is 0 Å². The number of fused-ring (bicyclic) bond motifs is 16. The van der Waals surface area contributed by atoms with Crippen molar-refractivity contribution in [3.05, 3.63) is 504 Å². The number of rotatable bonds is 14. The van der Waals surface area contributed by atoms with E-state index < -0.39 is 0 Å². The zero-order valence-electron chi connectivity index (χ0n) is 80.1. The number of para-hydroxylation sites is 6. The second kappa shape index (κ2) is 36.2. The summed E-state index contributed by atoms with van der Waals surface area (Å²) in [5, 5.41) is 4.73. The standard InChI is InChI=1S/C46H27BO4.C46H27BO2S2.C42H29BN2O2/c1-3-8-38-34(6-1)26-44(48-38)30-16-12-28(13-17-30)32-20-22-40-36(24-32)47-37-25-33(21-23-41(37)51-43-11-5-10-42(50-40)46(43)47)29-14-18-31(19-15-29)45-27-35-7-2-4-9-39(35)49-45;1-3-8-28(9-4-1)44-26-34-22-30(16-20-42(34)50-44)32-14-18-38-36(24-32)47-37-25-33(15-19-39(37)49-41-13-7-12-40(48-38)46(41)47)31-17-21-43-35(23-31)27-45(51-43)29-10-5-2-6-11-29;1-5-14-30(15-6-1)44(31-16-7-2-8-17-31)34-24-26-38-36(28-34)43-37-29-35(25-27-39(37)47-41-23-13-22-40(46-38)42(41)43)45(32-18-9-3-10-19-32)33-20-11-4-12-21-33/h2*1-27H;1-29H. The van der Waals surface area contributed by atoms with Gasteiger partial charge in [0.1, 0.15) is 91.7 Å². The molecule has 25 aromatic rings. The maximum atomic E-state index is 6.59. The molecule has 10 nitrogen and oxygen atoms in total. The number of thiophene rings is 2. The van der Waals surface area contributed by atoms with Crippen molar-refractivity contribution in [2.24, 2.45) is 0 Å². The molecule has 149 heavy (non-hydrogen) atoms. The molecule has 6 aliphatic rings. The first-order chi connectivity index (χ1) is 73.7. The van der Waals surface area contributed by atoms with Gasteiger partial charge in [-0.3, -0.25) is 0 Å². The van der Waals surface area contributed by atoms with Crippen LogP contribution in [0, 0.1) is 0 Å². The molecule has 15 heteroatoms. The average molecular weight is 1950 g/mol. The lowest BCUT2D eigenvalue weighted by Crippen LogP contribution is -2.57. The topological polar surface area (TPSA) is 88.1 Å². The van der Waals surface area contributed by atoms with E-state index in [9.17, 15) is 0 Å². The molecule has 0 saturated carbocycles. The fraction of sp³-hybridized carbons (Fsp3) is 0. The minimum absolute atomic E-state index is 0.0206. The molecule has 0 bridgehead atoms. The fourth-order valence-electron chi connectivity index (χ4n) is 22.3. The van der Waals surface area contributed by atoms with Crippen LogP contribution in [0.3, 0.4) is 0 Å². The molecule has 0 fully saturated rings. The number of nitrogens with zero attached hydrogens (tertiary/aromatic N) is 2. The summed E-state index contributed by atoms with van der Waals surface area (Å²) in [4.78, 5) is 7.17. The summed E-state index contributed by atoms with van der Waals surface area (Å²) < 4.78 is 54.2. The highest BCUT2D eigenvalue weighted by Gasteiger charge is 2.45. The predicted octanol–water partition coefficient (Wildman–Crippen LogP) is 31.4. The van der Waals surface area contributed by atoms with Crippen LogP contribution in [0.1, 0.15) is 0 Å². The van der Waals surface area contributed by atoms with Crippen LogP contribution in [-0.4, -0.2) is 20.1 Å². The second-order valence-electron chi connectivity index (χ2n) is 38.3. The molecule has 0 saturated heterocycles. The van der Waals surface area contributed by atoms with Crippen LogP contribution in [0.5, 0.6) is 69.0 Å². The van der Waals surface area contributed by atoms with E-state index in [-0.39, 0.29) is 20.1 Å². The highest BCUT2D eigenvalue weighted by Crippen LogP contribution is 2.48. The number of furan rings is 2. The highest BCUT2D eigenvalue weighted by molar-refractivity contribution is 7.22. The summed E-state index contributed by atoms with van der Waals surface area (Å²) in [6.45, 7) is -0.156. The van der Waals surface area contributed by atoms with Crippen molar-refractivity contribution in [2.45, 2.75) is 0 Å². The SMILES string of the molecule is c1cc2c3c(c1)Oc1ccc(-c4ccc(-c5cc6ccccc6o5)cc4)cc1B3c1cc(-c3ccc(-c4cc5ccccc5o4)cc3)ccc1O2.c1ccc(-c2cc3cc(-c4ccc5c(c4)B4c6cc(-c7ccc8sc(-c9ccccc9)cc8c7)ccc6Oc6cccc(c64)O5)ccc3s2)cc1.c1ccc(N(c2ccccc2)c2ccc3c(c2)B2c4cc(N(c5ccccc5)c5ccccc5)ccc4Oc4cccc(c42)O3)cc1. The third kappa shape index (κ3) is 15.7. The van der Waals surface area contributed by atoms with Gasteiger partial charge >= 0.3 is 0 Å². The molecule has 21 aromatic carbocycles. The van der Waals surface area contributed by atoms with E-state index in [1.54, 1.807) is 0 Å². The highest BCUT2D eigenvalue weighted by atomic mass is 32.1. The molecular weight excluding hydrogens is 1860 g/mol. The summed E-state index contributed by atoms with van der Waals surface area (Å²) in [5.74, 6) is 12.0. The van der Waals surface area contributed by atoms with Crippen LogP contribution in [0.25, 0.3) is 130 Å². The summed E-state index contributed by atoms with van der Waals surface area (Å²) in [6, 6.07) is 177. The molecule has 6 aliphatic heterocycles. The third-order valence-corrected chi connectivity index (χ3v) is 31.7. The molecular formula is C134H83B3N2O8S2. The lowest BCUT2D eigenvalue weighted by Gasteiger charge is -2.35. The van der Waals surface area contributed by atoms with E-state index in [0.717, 1.165) is 219 Å². The van der Waals surface area contributed by atoms with Gasteiger partial charge in [0.15, 0.2) is 0 Å². The molecule has 10 heterocycles. The van der Waals surface area contributed by atoms with Crippen LogP contribution in [-0.2, 0) is 0 Å². The van der Waals surface area contributed by atoms with Crippen molar-refractivity contribution < 1.29 is 37.3 Å². The van der Waals surface area contributed by atoms with Gasteiger partial charge in [-0.05, 0) is 305 Å². The smallest absolute Gasteiger partial charge is 0.260 e. The van der Waals surface area contributed by atoms with Crippen LogP contribution in [0.4, 0.5) is 34.1 Å². The lowest BCUT2D eigenvalue weighted by atomic mass is 9.34. The molecule has 0 spiro atoms. The average Bonchev–Trinajstić information content (AvgIpc) is 1.65. The van der Waals surface area contributed by atoms with Crippen LogP contribution >= 0.6 is 22.7 Å². The zero-order valence-corrected chi connectivity index (χ0v) is 81.8. The van der Waals surface area contributed by atoms with E-state index >= 15 is 0 Å². The van der Waals surface area contributed by atoms with E-state index in [2.05, 4.69) is 434 Å². The van der Waals surface area contributed by atoms with Gasteiger partial charge in [-0.15, -0.1) is 22.7 Å². The summed E-state index contributed by atoms with van der Waals surface area (Å²) in [7, 11) is 0. The Kier molecular flexibility index (Phi) is 21.1. The Labute approximate surface area is 869 Å². The van der Waals surface area contributed by atoms with Gasteiger partial charge in [-0.1, -0.05) is 297 Å². The largest absolute Gasteiger partial charge is 0.458 e. The van der Waals surface area contributed by atoms with Crippen molar-refractivity contribution in [1.82, 2.24) is 0 Å². The van der Waals surface area contributed by atoms with Crippen LogP contribution in [0.2, 0.25) is 0 Å². The Balaban J connectivity index is 0.000000105. The molecule has 0 atom stereocenters. The molecule has 0 N–H and O–H groups in total. The van der Waals surface area contributed by atoms with Gasteiger partial charge in [0.2, 0.25) is 0 Å². The first-order valence-electron chi connectivity index (χ1n) is 50.2. The van der Waals surface area contributed by atoms with Gasteiger partial charge in [0.05, 0.1) is 0 Å². The molecule has 0 amide bonds. The molecule has 4 aromatic heterocycles. The predicted molar refractivity (Wildman–Crippen MR) is 616 cm³/mol. The Bertz CT molecular complexity index is 8900. The lowest BCUT2D eigenvalue weighted by molar-refractivity contribution is 0.464. The minimum Gasteiger partial charge on any atom is -0.458 e. The minimum atomic E-state index is -0.0876. The summed E-state index contributed by atoms with van der Waals surface area (Å²) >= 11 is 3.68. The van der Waals surface area contributed by atoms with Crippen molar-refractivity contribution >= 4 is 168 Å². The molecule has 0 aliphatic carbocycles. The quantitative estimate of drug-likeness (QED) is 0.0981.